The summed E-state index contributed by atoms with van der Waals surface area (Å²) in [5.74, 6) is 3.08. The third-order valence-electron chi connectivity index (χ3n) is 22.1. The van der Waals surface area contributed by atoms with Crippen molar-refractivity contribution in [3.8, 4) is 136 Å². The fourth-order valence-electron chi connectivity index (χ4n) is 16.6. The molecule has 0 amide bonds. The maximum Gasteiger partial charge on any atom is 0.252 e. The molecule has 19 aromatic rings. The van der Waals surface area contributed by atoms with Gasteiger partial charge in [0.15, 0.2) is 34.9 Å². The minimum absolute atomic E-state index is 0.194. The summed E-state index contributed by atoms with van der Waals surface area (Å²) in [5.41, 5.74) is 29.0. The highest BCUT2D eigenvalue weighted by molar-refractivity contribution is 7.00. The first-order chi connectivity index (χ1) is 56.4. The molecule has 0 aliphatic carbocycles. The molecule has 10 nitrogen and oxygen atoms in total. The van der Waals surface area contributed by atoms with Gasteiger partial charge in [0.1, 0.15) is 0 Å². The van der Waals surface area contributed by atoms with Gasteiger partial charge in [0.2, 0.25) is 0 Å². The fourth-order valence-corrected chi connectivity index (χ4v) is 16.6. The molecule has 0 spiro atoms. The second-order valence-electron chi connectivity index (χ2n) is 28.9. The monoisotopic (exact) mass is 1450 g/mol. The van der Waals surface area contributed by atoms with E-state index in [1.54, 1.807) is 0 Å². The summed E-state index contributed by atoms with van der Waals surface area (Å²) in [4.78, 5) is 36.6. The maximum absolute atomic E-state index is 10.9. The zero-order chi connectivity index (χ0) is 75.6. The smallest absolute Gasteiger partial charge is 0.252 e. The summed E-state index contributed by atoms with van der Waals surface area (Å²) < 4.78 is 2.30. The number of anilines is 6. The van der Waals surface area contributed by atoms with Gasteiger partial charge in [-0.2, -0.15) is 5.26 Å². The van der Waals surface area contributed by atoms with Crippen LogP contribution in [0.15, 0.2) is 394 Å². The summed E-state index contributed by atoms with van der Waals surface area (Å²) in [6, 6.07) is 142. The van der Waals surface area contributed by atoms with Crippen LogP contribution >= 0.6 is 0 Å². The van der Waals surface area contributed by atoms with Crippen molar-refractivity contribution in [2.45, 2.75) is 0 Å². The molecular weight excluding hydrogens is 1390 g/mol. The Morgan fingerprint density at radius 2 is 0.526 bits per heavy atom. The van der Waals surface area contributed by atoms with Crippen molar-refractivity contribution in [2.75, 3.05) is 9.80 Å². The Bertz CT molecular complexity index is 6630. The lowest BCUT2D eigenvalue weighted by atomic mass is 9.33. The van der Waals surface area contributed by atoms with Crippen molar-refractivity contribution in [1.82, 2.24) is 34.5 Å². The molecule has 0 fully saturated rings. The molecule has 16 aromatic carbocycles. The fraction of sp³-hybridized carbons (Fsp3) is 0. The number of rotatable bonds is 14. The van der Waals surface area contributed by atoms with Crippen LogP contribution in [0, 0.1) is 11.3 Å². The van der Waals surface area contributed by atoms with Crippen LogP contribution in [0.1, 0.15) is 5.56 Å². The van der Waals surface area contributed by atoms with Gasteiger partial charge in [0, 0.05) is 78.3 Å². The molecule has 0 unspecified atom stereocenters. The molecule has 3 aromatic heterocycles. The van der Waals surface area contributed by atoms with Crippen molar-refractivity contribution in [2.24, 2.45) is 0 Å². The van der Waals surface area contributed by atoms with Crippen LogP contribution in [0.5, 0.6) is 0 Å². The standard InChI is InChI=1S/C103H65BN10/c105-66-67-41-56-92(87(59-67)103-110-100(76-37-21-7-22-38-76)107-101(111-103)77-39-23-8-24-40-77)114-90-57-48-78(60-85(90)86-61-81(49-58-91(86)114)102-108-98(74-33-17-5-18-34-74)106-99(109-102)75-35-19-6-20-36-75)82-64-95-97-96(65-82)113(84-52-44-73(45-53-84)69-27-11-2-12-28-69)94-63-80(71-31-15-4-16-32-71)47-55-89(94)104(97)88-54-46-79(70-29-13-3-14-30-70)62-93(88)112(95)83-50-42-72(43-51-83)68-25-9-1-10-26-68/h1-65H. The van der Waals surface area contributed by atoms with Crippen molar-refractivity contribution in [1.29, 1.82) is 5.26 Å². The van der Waals surface area contributed by atoms with Gasteiger partial charge in [0.05, 0.1) is 28.4 Å². The Labute approximate surface area is 660 Å². The number of benzene rings is 16. The molecule has 530 valence electrons. The van der Waals surface area contributed by atoms with Crippen LogP contribution in [0.3, 0.4) is 0 Å². The second kappa shape index (κ2) is 28.2. The molecule has 2 aliphatic rings. The van der Waals surface area contributed by atoms with Gasteiger partial charge in [0.25, 0.3) is 6.71 Å². The van der Waals surface area contributed by atoms with Gasteiger partial charge in [-0.1, -0.05) is 297 Å². The Morgan fingerprint density at radius 3 is 0.912 bits per heavy atom. The molecule has 5 heterocycles. The Kier molecular flexibility index (Phi) is 16.5. The van der Waals surface area contributed by atoms with Gasteiger partial charge < -0.3 is 14.4 Å². The van der Waals surface area contributed by atoms with Crippen molar-refractivity contribution >= 4 is 79.0 Å². The number of nitriles is 1. The van der Waals surface area contributed by atoms with E-state index in [9.17, 15) is 5.26 Å². The summed E-state index contributed by atoms with van der Waals surface area (Å²) in [7, 11) is 0. The molecule has 0 atom stereocenters. The zero-order valence-corrected chi connectivity index (χ0v) is 61.6. The largest absolute Gasteiger partial charge is 0.311 e. The van der Waals surface area contributed by atoms with Gasteiger partial charge in [-0.05, 0) is 169 Å². The number of nitrogens with zero attached hydrogens (tertiary/aromatic N) is 10. The molecule has 0 saturated carbocycles. The molecule has 21 rings (SSSR count). The van der Waals surface area contributed by atoms with Gasteiger partial charge in [-0.3, -0.25) is 0 Å². The number of hydrogen-bond acceptors (Lipinski definition) is 9. The first kappa shape index (κ1) is 66.7. The van der Waals surface area contributed by atoms with Crippen LogP contribution < -0.4 is 26.2 Å². The number of aromatic nitrogens is 7. The highest BCUT2D eigenvalue weighted by Crippen LogP contribution is 2.50. The molecule has 0 saturated heterocycles. The van der Waals surface area contributed by atoms with E-state index >= 15 is 0 Å². The molecule has 11 heteroatoms. The summed E-state index contributed by atoms with van der Waals surface area (Å²) >= 11 is 0. The van der Waals surface area contributed by atoms with E-state index < -0.39 is 0 Å². The normalized spacial score (nSPS) is 12.0. The van der Waals surface area contributed by atoms with Crippen LogP contribution in [0.2, 0.25) is 0 Å². The van der Waals surface area contributed by atoms with Crippen LogP contribution in [0.4, 0.5) is 34.1 Å². The minimum Gasteiger partial charge on any atom is -0.311 e. The van der Waals surface area contributed by atoms with E-state index in [2.05, 4.69) is 275 Å². The SMILES string of the molecule is N#Cc1ccc(-n2c3ccc(-c4cc5c6c(c4)N(c4ccc(-c7ccccc7)cc4)c4cc(-c7ccccc7)ccc4B6c4ccc(-c6ccccc6)cc4N5c4ccc(-c5ccccc5)cc4)cc3c3cc(-c4nc(-c5ccccc5)nc(-c5ccccc5)n4)ccc32)c(-c2nc(-c3ccccc3)nc(-c3ccccc3)n2)c1. The molecule has 114 heavy (non-hydrogen) atoms. The molecular formula is C103H65BN10. The summed E-state index contributed by atoms with van der Waals surface area (Å²) in [6.07, 6.45) is 0. The van der Waals surface area contributed by atoms with E-state index in [-0.39, 0.29) is 6.71 Å². The zero-order valence-electron chi connectivity index (χ0n) is 61.6. The van der Waals surface area contributed by atoms with Crippen LogP contribution in [-0.2, 0) is 0 Å². The summed E-state index contributed by atoms with van der Waals surface area (Å²) in [5, 5.41) is 12.8. The Morgan fingerprint density at radius 1 is 0.228 bits per heavy atom. The lowest BCUT2D eigenvalue weighted by Crippen LogP contribution is -2.61. The molecule has 0 N–H and O–H groups in total. The summed E-state index contributed by atoms with van der Waals surface area (Å²) in [6.45, 7) is -0.194. The minimum atomic E-state index is -0.194. The van der Waals surface area contributed by atoms with Gasteiger partial charge in [-0.25, -0.2) is 29.9 Å². The first-order valence-electron chi connectivity index (χ1n) is 38.3. The topological polar surface area (TPSA) is 113 Å². The molecule has 0 bridgehead atoms. The Balaban J connectivity index is 0.841. The van der Waals surface area contributed by atoms with Crippen molar-refractivity contribution < 1.29 is 0 Å². The molecule has 0 radical (unpaired) electrons. The highest BCUT2D eigenvalue weighted by Gasteiger charge is 2.44. The lowest BCUT2D eigenvalue weighted by Gasteiger charge is -2.44. The van der Waals surface area contributed by atoms with E-state index in [4.69, 9.17) is 29.9 Å². The van der Waals surface area contributed by atoms with Crippen molar-refractivity contribution in [3.05, 3.63) is 400 Å². The van der Waals surface area contributed by atoms with Crippen LogP contribution in [0.25, 0.3) is 151 Å². The third-order valence-corrected chi connectivity index (χ3v) is 22.1. The highest BCUT2D eigenvalue weighted by atomic mass is 15.2. The van der Waals surface area contributed by atoms with Gasteiger partial charge in [-0.15, -0.1) is 0 Å². The van der Waals surface area contributed by atoms with Crippen molar-refractivity contribution in [3.63, 3.8) is 0 Å². The Hall–Kier alpha value is -15.5. The average Bonchev–Trinajstić information content (AvgIpc) is 0.763. The van der Waals surface area contributed by atoms with Crippen LogP contribution in [-0.4, -0.2) is 41.2 Å². The maximum atomic E-state index is 10.9. The predicted octanol–water partition coefficient (Wildman–Crippen LogP) is 23.4. The van der Waals surface area contributed by atoms with E-state index in [1.165, 1.54) is 16.4 Å². The van der Waals surface area contributed by atoms with E-state index in [1.807, 2.05) is 140 Å². The number of hydrogen-bond donors (Lipinski definition) is 0. The second-order valence-corrected chi connectivity index (χ2v) is 28.9. The molecule has 2 aliphatic heterocycles. The van der Waals surface area contributed by atoms with E-state index in [0.717, 1.165) is 145 Å². The average molecular weight is 1450 g/mol. The van der Waals surface area contributed by atoms with Gasteiger partial charge >= 0.3 is 0 Å². The predicted molar refractivity (Wildman–Crippen MR) is 466 cm³/mol. The number of fused-ring (bicyclic) bond motifs is 7. The lowest BCUT2D eigenvalue weighted by molar-refractivity contribution is 1.06. The first-order valence-corrected chi connectivity index (χ1v) is 38.3. The third kappa shape index (κ3) is 11.9. The quantitative estimate of drug-likeness (QED) is 0.0982. The van der Waals surface area contributed by atoms with E-state index in [0.29, 0.717) is 46.1 Å².